The lowest BCUT2D eigenvalue weighted by Gasteiger charge is -1.97. The van der Waals surface area contributed by atoms with Crippen LogP contribution in [0.25, 0.3) is 0 Å². The summed E-state index contributed by atoms with van der Waals surface area (Å²) in [6, 6.07) is 0. The molecule has 13 heavy (non-hydrogen) atoms. The number of aryl methyl sites for hydroxylation is 1. The third kappa shape index (κ3) is 4.68. The molecule has 76 valence electrons. The molecule has 1 heterocycles. The van der Waals surface area contributed by atoms with E-state index in [1.54, 1.807) is 7.11 Å². The lowest BCUT2D eigenvalue weighted by atomic mass is 10.3. The molecule has 0 saturated carbocycles. The topological polar surface area (TPSA) is 27.1 Å². The highest BCUT2D eigenvalue weighted by Gasteiger charge is 1.94. The molecule has 0 unspecified atom stereocenters. The molecule has 1 aromatic heterocycles. The predicted octanol–water partition coefficient (Wildman–Crippen LogP) is 2.12. The van der Waals surface area contributed by atoms with Crippen molar-refractivity contribution in [3.8, 4) is 0 Å². The van der Waals surface area contributed by atoms with Crippen LogP contribution in [0.15, 0.2) is 12.4 Å². The van der Waals surface area contributed by atoms with Gasteiger partial charge in [-0.1, -0.05) is 20.8 Å². The third-order valence-electron chi connectivity index (χ3n) is 1.62. The normalized spacial score (nSPS) is 9.23. The Bertz CT molecular complexity index is 208. The zero-order chi connectivity index (χ0) is 10.1. The Labute approximate surface area is 80.7 Å². The molecule has 0 radical (unpaired) electrons. The van der Waals surface area contributed by atoms with E-state index in [-0.39, 0.29) is 0 Å². The van der Waals surface area contributed by atoms with E-state index in [2.05, 4.69) is 18.2 Å². The first-order chi connectivity index (χ1) is 6.36. The number of aromatic nitrogens is 2. The number of methoxy groups -OCH3 is 1. The second kappa shape index (κ2) is 7.80. The maximum absolute atomic E-state index is 4.93. The summed E-state index contributed by atoms with van der Waals surface area (Å²) in [6.45, 7) is 7.69. The number of hydrogen-bond acceptors (Lipinski definition) is 2. The van der Waals surface area contributed by atoms with Crippen LogP contribution in [-0.4, -0.2) is 23.5 Å². The SMILES string of the molecule is CC.CCc1cnn(CCOC)c1. The molecule has 0 N–H and O–H groups in total. The van der Waals surface area contributed by atoms with E-state index in [1.807, 2.05) is 24.7 Å². The maximum Gasteiger partial charge on any atom is 0.0658 e. The average Bonchev–Trinajstić information content (AvgIpc) is 2.65. The zero-order valence-corrected chi connectivity index (χ0v) is 9.08. The van der Waals surface area contributed by atoms with E-state index in [0.29, 0.717) is 0 Å². The summed E-state index contributed by atoms with van der Waals surface area (Å²) < 4.78 is 6.83. The van der Waals surface area contributed by atoms with Gasteiger partial charge in [0.1, 0.15) is 0 Å². The minimum absolute atomic E-state index is 0.727. The highest BCUT2D eigenvalue weighted by atomic mass is 16.5. The van der Waals surface area contributed by atoms with Crippen molar-refractivity contribution in [2.24, 2.45) is 0 Å². The molecule has 3 nitrogen and oxygen atoms in total. The largest absolute Gasteiger partial charge is 0.383 e. The molecule has 0 bridgehead atoms. The number of nitrogens with zero attached hydrogens (tertiary/aromatic N) is 2. The van der Waals surface area contributed by atoms with Gasteiger partial charge in [-0.15, -0.1) is 0 Å². The second-order valence-electron chi connectivity index (χ2n) is 2.46. The van der Waals surface area contributed by atoms with Gasteiger partial charge in [-0.2, -0.15) is 5.10 Å². The van der Waals surface area contributed by atoms with Gasteiger partial charge in [-0.25, -0.2) is 0 Å². The Balaban J connectivity index is 0.000000671. The molecule has 0 aromatic carbocycles. The minimum atomic E-state index is 0.727. The Morgan fingerprint density at radius 1 is 1.46 bits per heavy atom. The summed E-state index contributed by atoms with van der Waals surface area (Å²) in [4.78, 5) is 0. The predicted molar refractivity (Wildman–Crippen MR) is 54.8 cm³/mol. The van der Waals surface area contributed by atoms with Crippen molar-refractivity contribution in [2.75, 3.05) is 13.7 Å². The van der Waals surface area contributed by atoms with E-state index < -0.39 is 0 Å². The summed E-state index contributed by atoms with van der Waals surface area (Å²) in [7, 11) is 1.70. The highest BCUT2D eigenvalue weighted by Crippen LogP contribution is 1.97. The fourth-order valence-corrected chi connectivity index (χ4v) is 0.896. The lowest BCUT2D eigenvalue weighted by Crippen LogP contribution is -2.03. The third-order valence-corrected chi connectivity index (χ3v) is 1.62. The first kappa shape index (κ1) is 12.2. The minimum Gasteiger partial charge on any atom is -0.383 e. The molecule has 0 atom stereocenters. The molecular formula is C10H20N2O. The summed E-state index contributed by atoms with van der Waals surface area (Å²) in [6.07, 6.45) is 5.00. The fourth-order valence-electron chi connectivity index (χ4n) is 0.896. The first-order valence-electron chi connectivity index (χ1n) is 4.87. The molecule has 0 saturated heterocycles. The van der Waals surface area contributed by atoms with Crippen molar-refractivity contribution in [3.05, 3.63) is 18.0 Å². The maximum atomic E-state index is 4.93. The van der Waals surface area contributed by atoms with Gasteiger partial charge in [-0.3, -0.25) is 4.68 Å². The van der Waals surface area contributed by atoms with Crippen molar-refractivity contribution in [1.82, 2.24) is 9.78 Å². The smallest absolute Gasteiger partial charge is 0.0658 e. The molecule has 0 spiro atoms. The summed E-state index contributed by atoms with van der Waals surface area (Å²) >= 11 is 0. The van der Waals surface area contributed by atoms with Gasteiger partial charge in [0.2, 0.25) is 0 Å². The average molecular weight is 184 g/mol. The lowest BCUT2D eigenvalue weighted by molar-refractivity contribution is 0.183. The van der Waals surface area contributed by atoms with Crippen LogP contribution in [0, 0.1) is 0 Å². The van der Waals surface area contributed by atoms with Gasteiger partial charge < -0.3 is 4.74 Å². The molecule has 0 aliphatic carbocycles. The van der Waals surface area contributed by atoms with Crippen LogP contribution in [0.5, 0.6) is 0 Å². The van der Waals surface area contributed by atoms with E-state index >= 15 is 0 Å². The quantitative estimate of drug-likeness (QED) is 0.716. The van der Waals surface area contributed by atoms with Gasteiger partial charge in [0, 0.05) is 13.3 Å². The van der Waals surface area contributed by atoms with Crippen LogP contribution in [-0.2, 0) is 17.7 Å². The van der Waals surface area contributed by atoms with Gasteiger partial charge in [0.15, 0.2) is 0 Å². The van der Waals surface area contributed by atoms with Crippen LogP contribution in [0.1, 0.15) is 26.3 Å². The van der Waals surface area contributed by atoms with Gasteiger partial charge in [-0.05, 0) is 12.0 Å². The Hall–Kier alpha value is -0.830. The molecule has 0 fully saturated rings. The van der Waals surface area contributed by atoms with Gasteiger partial charge in [0.25, 0.3) is 0 Å². The molecule has 0 amide bonds. The van der Waals surface area contributed by atoms with Crippen LogP contribution in [0.2, 0.25) is 0 Å². The van der Waals surface area contributed by atoms with Crippen molar-refractivity contribution >= 4 is 0 Å². The van der Waals surface area contributed by atoms with E-state index in [9.17, 15) is 0 Å². The van der Waals surface area contributed by atoms with Crippen molar-refractivity contribution in [3.63, 3.8) is 0 Å². The molecule has 1 rings (SSSR count). The van der Waals surface area contributed by atoms with Crippen LogP contribution in [0.3, 0.4) is 0 Å². The van der Waals surface area contributed by atoms with Gasteiger partial charge in [0.05, 0.1) is 19.3 Å². The molecule has 3 heteroatoms. The second-order valence-corrected chi connectivity index (χ2v) is 2.46. The van der Waals surface area contributed by atoms with Crippen LogP contribution in [0.4, 0.5) is 0 Å². The number of rotatable bonds is 4. The standard InChI is InChI=1S/C8H14N2O.C2H6/c1-3-8-6-9-10(7-8)4-5-11-2;1-2/h6-7H,3-5H2,1-2H3;1-2H3. The van der Waals surface area contributed by atoms with Gasteiger partial charge >= 0.3 is 0 Å². The summed E-state index contributed by atoms with van der Waals surface area (Å²) in [5, 5.41) is 4.16. The zero-order valence-electron chi connectivity index (χ0n) is 9.08. The fraction of sp³-hybridized carbons (Fsp3) is 0.700. The number of ether oxygens (including phenoxy) is 1. The Morgan fingerprint density at radius 2 is 2.15 bits per heavy atom. The Kier molecular flexibility index (Phi) is 7.30. The molecular weight excluding hydrogens is 164 g/mol. The molecule has 1 aromatic rings. The molecule has 0 aliphatic heterocycles. The Morgan fingerprint density at radius 3 is 2.62 bits per heavy atom. The van der Waals surface area contributed by atoms with Crippen molar-refractivity contribution in [2.45, 2.75) is 33.7 Å². The van der Waals surface area contributed by atoms with Crippen LogP contribution >= 0.6 is 0 Å². The monoisotopic (exact) mass is 184 g/mol. The summed E-state index contributed by atoms with van der Waals surface area (Å²) in [5.41, 5.74) is 1.28. The van der Waals surface area contributed by atoms with E-state index in [0.717, 1.165) is 19.6 Å². The first-order valence-corrected chi connectivity index (χ1v) is 4.87. The highest BCUT2D eigenvalue weighted by molar-refractivity contribution is 5.02. The number of hydrogen-bond donors (Lipinski definition) is 0. The van der Waals surface area contributed by atoms with Crippen LogP contribution < -0.4 is 0 Å². The van der Waals surface area contributed by atoms with Crippen molar-refractivity contribution in [1.29, 1.82) is 0 Å². The molecule has 0 aliphatic rings. The van der Waals surface area contributed by atoms with E-state index in [4.69, 9.17) is 4.74 Å². The summed E-state index contributed by atoms with van der Waals surface area (Å²) in [5.74, 6) is 0. The van der Waals surface area contributed by atoms with Crippen molar-refractivity contribution < 1.29 is 4.74 Å². The van der Waals surface area contributed by atoms with E-state index in [1.165, 1.54) is 5.56 Å².